The number of carbonyl (C=O) groups is 1. The standard InChI is InChI=1S/C18H18N4O2S/c1-11-8-12(2)16(13(3)9-11)20-15(23)10-25-18-22-21-17(24-18)14-6-4-5-7-19-14/h4-9H,10H2,1-3H3,(H,20,23). The first kappa shape index (κ1) is 17.2. The van der Waals surface area contributed by atoms with Gasteiger partial charge in [0.15, 0.2) is 0 Å². The maximum Gasteiger partial charge on any atom is 0.277 e. The van der Waals surface area contributed by atoms with Gasteiger partial charge in [-0.05, 0) is 44.0 Å². The molecule has 0 unspecified atom stereocenters. The molecule has 3 rings (SSSR count). The summed E-state index contributed by atoms with van der Waals surface area (Å²) < 4.78 is 5.53. The van der Waals surface area contributed by atoms with Crippen molar-refractivity contribution in [2.75, 3.05) is 11.1 Å². The monoisotopic (exact) mass is 354 g/mol. The van der Waals surface area contributed by atoms with Crippen LogP contribution in [0.3, 0.4) is 0 Å². The van der Waals surface area contributed by atoms with Crippen molar-refractivity contribution >= 4 is 23.4 Å². The van der Waals surface area contributed by atoms with Gasteiger partial charge in [0.1, 0.15) is 5.69 Å². The number of aromatic nitrogens is 3. The van der Waals surface area contributed by atoms with E-state index < -0.39 is 0 Å². The second-order valence-corrected chi connectivity index (χ2v) is 6.63. The van der Waals surface area contributed by atoms with Crippen LogP contribution in [0.2, 0.25) is 0 Å². The average Bonchev–Trinajstić information content (AvgIpc) is 3.06. The van der Waals surface area contributed by atoms with E-state index in [9.17, 15) is 4.79 Å². The zero-order valence-corrected chi connectivity index (χ0v) is 15.1. The number of thioether (sulfide) groups is 1. The molecule has 0 bridgehead atoms. The number of nitrogens with one attached hydrogen (secondary N) is 1. The first-order valence-corrected chi connectivity index (χ1v) is 8.77. The van der Waals surface area contributed by atoms with E-state index in [0.717, 1.165) is 16.8 Å². The van der Waals surface area contributed by atoms with Gasteiger partial charge < -0.3 is 9.73 Å². The number of aryl methyl sites for hydroxylation is 3. The van der Waals surface area contributed by atoms with Gasteiger partial charge >= 0.3 is 0 Å². The Morgan fingerprint density at radius 3 is 2.60 bits per heavy atom. The second-order valence-electron chi connectivity index (χ2n) is 5.70. The fourth-order valence-electron chi connectivity index (χ4n) is 2.54. The van der Waals surface area contributed by atoms with E-state index in [1.54, 1.807) is 12.3 Å². The zero-order valence-electron chi connectivity index (χ0n) is 14.2. The van der Waals surface area contributed by atoms with E-state index in [0.29, 0.717) is 16.8 Å². The number of amides is 1. The van der Waals surface area contributed by atoms with Crippen LogP contribution in [0.25, 0.3) is 11.6 Å². The number of hydrogen-bond acceptors (Lipinski definition) is 6. The van der Waals surface area contributed by atoms with Gasteiger partial charge in [-0.15, -0.1) is 10.2 Å². The summed E-state index contributed by atoms with van der Waals surface area (Å²) in [6, 6.07) is 9.55. The van der Waals surface area contributed by atoms with Gasteiger partial charge in [0.05, 0.1) is 5.75 Å². The predicted octanol–water partition coefficient (Wildman–Crippen LogP) is 3.79. The van der Waals surface area contributed by atoms with Gasteiger partial charge in [-0.2, -0.15) is 0 Å². The Kier molecular flexibility index (Phi) is 5.14. The molecule has 0 spiro atoms. The van der Waals surface area contributed by atoms with Gasteiger partial charge in [0.25, 0.3) is 11.1 Å². The number of nitrogens with zero attached hydrogens (tertiary/aromatic N) is 3. The van der Waals surface area contributed by atoms with E-state index in [2.05, 4.69) is 20.5 Å². The third-order valence-electron chi connectivity index (χ3n) is 3.56. The highest BCUT2D eigenvalue weighted by Crippen LogP contribution is 2.24. The number of hydrogen-bond donors (Lipinski definition) is 1. The maximum absolute atomic E-state index is 12.2. The van der Waals surface area contributed by atoms with E-state index in [1.165, 1.54) is 17.3 Å². The summed E-state index contributed by atoms with van der Waals surface area (Å²) in [4.78, 5) is 16.4. The fraction of sp³-hybridized carbons (Fsp3) is 0.222. The molecule has 0 radical (unpaired) electrons. The lowest BCUT2D eigenvalue weighted by Crippen LogP contribution is -2.15. The smallest absolute Gasteiger partial charge is 0.277 e. The number of anilines is 1. The van der Waals surface area contributed by atoms with Crippen LogP contribution in [0.4, 0.5) is 5.69 Å². The summed E-state index contributed by atoms with van der Waals surface area (Å²) in [6.07, 6.45) is 1.66. The predicted molar refractivity (Wildman–Crippen MR) is 97.5 cm³/mol. The number of rotatable bonds is 5. The third-order valence-corrected chi connectivity index (χ3v) is 4.38. The Balaban J connectivity index is 1.61. The molecule has 25 heavy (non-hydrogen) atoms. The van der Waals surface area contributed by atoms with Crippen LogP contribution in [0.15, 0.2) is 46.2 Å². The van der Waals surface area contributed by atoms with Gasteiger partial charge in [0, 0.05) is 11.9 Å². The van der Waals surface area contributed by atoms with Gasteiger partial charge in [-0.25, -0.2) is 0 Å². The van der Waals surface area contributed by atoms with Crippen LogP contribution < -0.4 is 5.32 Å². The molecule has 0 atom stereocenters. The number of carbonyl (C=O) groups excluding carboxylic acids is 1. The molecule has 0 fully saturated rings. The Hall–Kier alpha value is -2.67. The molecule has 1 N–H and O–H groups in total. The van der Waals surface area contributed by atoms with Gasteiger partial charge in [-0.1, -0.05) is 35.5 Å². The molecule has 0 aliphatic heterocycles. The summed E-state index contributed by atoms with van der Waals surface area (Å²) >= 11 is 1.20. The van der Waals surface area contributed by atoms with Crippen LogP contribution in [0, 0.1) is 20.8 Å². The summed E-state index contributed by atoms with van der Waals surface area (Å²) in [5.74, 6) is 0.419. The van der Waals surface area contributed by atoms with Crippen molar-refractivity contribution in [1.29, 1.82) is 0 Å². The molecule has 128 valence electrons. The van der Waals surface area contributed by atoms with Crippen molar-refractivity contribution in [2.24, 2.45) is 0 Å². The van der Waals surface area contributed by atoms with Crippen LogP contribution in [0.5, 0.6) is 0 Å². The third kappa shape index (κ3) is 4.24. The lowest BCUT2D eigenvalue weighted by atomic mass is 10.1. The number of pyridine rings is 1. The molecule has 6 nitrogen and oxygen atoms in total. The Labute approximate surface area is 150 Å². The first-order chi connectivity index (χ1) is 12.0. The molecular formula is C18H18N4O2S. The fourth-order valence-corrected chi connectivity index (χ4v) is 3.10. The molecule has 0 aliphatic carbocycles. The van der Waals surface area contributed by atoms with Crippen molar-refractivity contribution in [3.8, 4) is 11.6 Å². The molecule has 0 aliphatic rings. The molecule has 3 aromatic rings. The molecule has 1 amide bonds. The van der Waals surface area contributed by atoms with E-state index in [-0.39, 0.29) is 11.7 Å². The van der Waals surface area contributed by atoms with Crippen molar-refractivity contribution in [3.05, 3.63) is 53.2 Å². The summed E-state index contributed by atoms with van der Waals surface area (Å²) in [6.45, 7) is 6.01. The topological polar surface area (TPSA) is 80.9 Å². The summed E-state index contributed by atoms with van der Waals surface area (Å²) in [5, 5.41) is 11.2. The highest BCUT2D eigenvalue weighted by atomic mass is 32.2. The Morgan fingerprint density at radius 2 is 1.92 bits per heavy atom. The minimum atomic E-state index is -0.113. The van der Waals surface area contributed by atoms with Crippen molar-refractivity contribution in [2.45, 2.75) is 26.0 Å². The molecule has 1 aromatic carbocycles. The van der Waals surface area contributed by atoms with Crippen LogP contribution in [-0.2, 0) is 4.79 Å². The maximum atomic E-state index is 12.2. The Bertz CT molecular complexity index is 870. The molecule has 0 saturated heterocycles. The zero-order chi connectivity index (χ0) is 17.8. The molecule has 7 heteroatoms. The average molecular weight is 354 g/mol. The second kappa shape index (κ2) is 7.48. The van der Waals surface area contributed by atoms with Crippen LogP contribution >= 0.6 is 11.8 Å². The molecular weight excluding hydrogens is 336 g/mol. The van der Waals surface area contributed by atoms with Gasteiger partial charge in [0.2, 0.25) is 5.91 Å². The quantitative estimate of drug-likeness (QED) is 0.702. The lowest BCUT2D eigenvalue weighted by Gasteiger charge is -2.12. The van der Waals surface area contributed by atoms with Crippen molar-refractivity contribution in [3.63, 3.8) is 0 Å². The first-order valence-electron chi connectivity index (χ1n) is 7.78. The van der Waals surface area contributed by atoms with Crippen molar-refractivity contribution in [1.82, 2.24) is 15.2 Å². The largest absolute Gasteiger partial charge is 0.410 e. The highest BCUT2D eigenvalue weighted by Gasteiger charge is 2.13. The molecule has 2 aromatic heterocycles. The van der Waals surface area contributed by atoms with Gasteiger partial charge in [-0.3, -0.25) is 9.78 Å². The van der Waals surface area contributed by atoms with Crippen molar-refractivity contribution < 1.29 is 9.21 Å². The van der Waals surface area contributed by atoms with Crippen LogP contribution in [0.1, 0.15) is 16.7 Å². The normalized spacial score (nSPS) is 10.7. The minimum Gasteiger partial charge on any atom is -0.410 e. The molecule has 0 saturated carbocycles. The number of benzene rings is 1. The molecule has 2 heterocycles. The van der Waals surface area contributed by atoms with E-state index in [4.69, 9.17) is 4.42 Å². The SMILES string of the molecule is Cc1cc(C)c(NC(=O)CSc2nnc(-c3ccccn3)o2)c(C)c1. The lowest BCUT2D eigenvalue weighted by molar-refractivity contribution is -0.113. The van der Waals surface area contributed by atoms with Crippen LogP contribution in [-0.4, -0.2) is 26.8 Å². The summed E-state index contributed by atoms with van der Waals surface area (Å²) in [7, 11) is 0. The highest BCUT2D eigenvalue weighted by molar-refractivity contribution is 7.99. The summed E-state index contributed by atoms with van der Waals surface area (Å²) in [5.41, 5.74) is 4.74. The van der Waals surface area contributed by atoms with E-state index in [1.807, 2.05) is 45.0 Å². The minimum absolute atomic E-state index is 0.113. The van der Waals surface area contributed by atoms with E-state index >= 15 is 0 Å². The Morgan fingerprint density at radius 1 is 1.16 bits per heavy atom.